The number of nitrogens with zero attached hydrogens (tertiary/aromatic N) is 2. The molecule has 1 aromatic heterocycles. The number of ether oxygens (including phenoxy) is 1. The first kappa shape index (κ1) is 19.1. The molecule has 0 aliphatic carbocycles. The average molecular weight is 381 g/mol. The first-order valence-corrected chi connectivity index (χ1v) is 9.05. The zero-order valence-electron chi connectivity index (χ0n) is 13.8. The summed E-state index contributed by atoms with van der Waals surface area (Å²) in [5.41, 5.74) is -0.322. The number of hydrogen-bond acceptors (Lipinski definition) is 7. The van der Waals surface area contributed by atoms with Crippen molar-refractivity contribution in [2.24, 2.45) is 7.05 Å². The highest BCUT2D eigenvalue weighted by Gasteiger charge is 2.20. The lowest BCUT2D eigenvalue weighted by molar-refractivity contribution is -0.384. The molecule has 2 aromatic rings. The average Bonchev–Trinajstić information content (AvgIpc) is 2.94. The number of carbonyl (C=O) groups excluding carboxylic acids is 2. The van der Waals surface area contributed by atoms with Crippen LogP contribution in [0.15, 0.2) is 41.4 Å². The molecule has 26 heavy (non-hydrogen) atoms. The van der Waals surface area contributed by atoms with Crippen molar-refractivity contribution in [3.63, 3.8) is 0 Å². The quantitative estimate of drug-likeness (QED) is 0.450. The van der Waals surface area contributed by atoms with E-state index in [1.54, 1.807) is 6.07 Å². The zero-order valence-corrected chi connectivity index (χ0v) is 14.6. The van der Waals surface area contributed by atoms with Gasteiger partial charge < -0.3 is 14.6 Å². The van der Waals surface area contributed by atoms with E-state index in [0.29, 0.717) is 0 Å². The summed E-state index contributed by atoms with van der Waals surface area (Å²) < 4.78 is 29.4. The van der Waals surface area contributed by atoms with Gasteiger partial charge in [-0.25, -0.2) is 13.2 Å². The maximum Gasteiger partial charge on any atom is 0.355 e. The van der Waals surface area contributed by atoms with Gasteiger partial charge in [-0.1, -0.05) is 12.1 Å². The molecule has 0 unspecified atom stereocenters. The second kappa shape index (κ2) is 7.35. The fourth-order valence-electron chi connectivity index (χ4n) is 2.13. The molecule has 138 valence electrons. The summed E-state index contributed by atoms with van der Waals surface area (Å²) in [5, 5.41) is 13.0. The third kappa shape index (κ3) is 4.45. The Morgan fingerprint density at radius 3 is 2.54 bits per heavy atom. The van der Waals surface area contributed by atoms with Crippen LogP contribution in [0.4, 0.5) is 11.4 Å². The molecule has 0 radical (unpaired) electrons. The number of esters is 1. The van der Waals surface area contributed by atoms with Crippen LogP contribution in [-0.2, 0) is 26.4 Å². The molecule has 0 saturated heterocycles. The third-order valence-corrected chi connectivity index (χ3v) is 4.46. The van der Waals surface area contributed by atoms with Gasteiger partial charge in [0.05, 0.1) is 21.7 Å². The van der Waals surface area contributed by atoms with Crippen LogP contribution in [0, 0.1) is 10.1 Å². The normalized spacial score (nSPS) is 11.0. The fraction of sp³-hybridized carbons (Fsp3) is 0.200. The SMILES string of the molecule is Cn1cc([N+](=O)[O-])cc1C(=O)OCC(=O)Nc1ccccc1S(C)(=O)=O. The number of nitrogens with one attached hydrogen (secondary N) is 1. The van der Waals surface area contributed by atoms with Crippen LogP contribution in [0.25, 0.3) is 0 Å². The Kier molecular flexibility index (Phi) is 5.41. The number of amides is 1. The number of benzene rings is 1. The van der Waals surface area contributed by atoms with Gasteiger partial charge in [-0.05, 0) is 12.1 Å². The van der Waals surface area contributed by atoms with E-state index in [1.165, 1.54) is 29.8 Å². The number of hydrogen-bond donors (Lipinski definition) is 1. The first-order chi connectivity index (χ1) is 12.1. The van der Waals surface area contributed by atoms with Gasteiger partial charge in [-0.3, -0.25) is 14.9 Å². The van der Waals surface area contributed by atoms with Crippen molar-refractivity contribution in [3.8, 4) is 0 Å². The molecule has 0 bridgehead atoms. The number of nitro groups is 1. The lowest BCUT2D eigenvalue weighted by Crippen LogP contribution is -2.22. The smallest absolute Gasteiger partial charge is 0.355 e. The molecule has 1 heterocycles. The summed E-state index contributed by atoms with van der Waals surface area (Å²) in [4.78, 5) is 33.8. The van der Waals surface area contributed by atoms with Gasteiger partial charge in [-0.2, -0.15) is 0 Å². The van der Waals surface area contributed by atoms with Crippen LogP contribution in [-0.4, -0.2) is 42.6 Å². The minimum atomic E-state index is -3.55. The minimum absolute atomic E-state index is 0.0607. The summed E-state index contributed by atoms with van der Waals surface area (Å²) in [6.45, 7) is -0.685. The number of carbonyl (C=O) groups is 2. The number of anilines is 1. The predicted molar refractivity (Wildman–Crippen MR) is 90.5 cm³/mol. The van der Waals surface area contributed by atoms with Crippen LogP contribution in [0.5, 0.6) is 0 Å². The van der Waals surface area contributed by atoms with E-state index in [1.807, 2.05) is 0 Å². The molecular formula is C15H15N3O7S. The maximum absolute atomic E-state index is 11.9. The zero-order chi connectivity index (χ0) is 19.5. The third-order valence-electron chi connectivity index (χ3n) is 3.31. The van der Waals surface area contributed by atoms with Crippen LogP contribution >= 0.6 is 0 Å². The van der Waals surface area contributed by atoms with E-state index in [0.717, 1.165) is 18.5 Å². The van der Waals surface area contributed by atoms with Gasteiger partial charge in [0.15, 0.2) is 16.4 Å². The van der Waals surface area contributed by atoms with Crippen LogP contribution in [0.3, 0.4) is 0 Å². The predicted octanol–water partition coefficient (Wildman–Crippen LogP) is 1.13. The number of sulfone groups is 1. The Bertz CT molecular complexity index is 979. The van der Waals surface area contributed by atoms with E-state index < -0.39 is 33.2 Å². The van der Waals surface area contributed by atoms with Gasteiger partial charge in [-0.15, -0.1) is 0 Å². The summed E-state index contributed by atoms with van der Waals surface area (Å²) in [6, 6.07) is 6.81. The topological polar surface area (TPSA) is 138 Å². The van der Waals surface area contributed by atoms with Crippen molar-refractivity contribution in [3.05, 3.63) is 52.3 Å². The second-order valence-corrected chi connectivity index (χ2v) is 7.33. The van der Waals surface area contributed by atoms with Crippen molar-refractivity contribution < 1.29 is 27.7 Å². The molecule has 0 fully saturated rings. The largest absolute Gasteiger partial charge is 0.451 e. The highest BCUT2D eigenvalue weighted by atomic mass is 32.2. The molecule has 1 N–H and O–H groups in total. The van der Waals surface area contributed by atoms with E-state index >= 15 is 0 Å². The van der Waals surface area contributed by atoms with E-state index in [4.69, 9.17) is 4.74 Å². The fourth-order valence-corrected chi connectivity index (χ4v) is 2.98. The van der Waals surface area contributed by atoms with Gasteiger partial charge >= 0.3 is 5.97 Å². The standard InChI is InChI=1S/C15H15N3O7S/c1-17-8-10(18(21)22)7-12(17)15(20)25-9-14(19)16-11-5-3-4-6-13(11)26(2,23)24/h3-8H,9H2,1-2H3,(H,16,19). The van der Waals surface area contributed by atoms with Gasteiger partial charge in [0.2, 0.25) is 0 Å². The van der Waals surface area contributed by atoms with Crippen LogP contribution in [0.2, 0.25) is 0 Å². The van der Waals surface area contributed by atoms with Crippen molar-refractivity contribution in [2.75, 3.05) is 18.2 Å². The van der Waals surface area contributed by atoms with E-state index in [9.17, 15) is 28.1 Å². The molecule has 0 atom stereocenters. The second-order valence-electron chi connectivity index (χ2n) is 5.34. The lowest BCUT2D eigenvalue weighted by atomic mass is 10.3. The number of para-hydroxylation sites is 1. The number of rotatable bonds is 6. The molecule has 0 aliphatic rings. The molecule has 0 saturated carbocycles. The highest BCUT2D eigenvalue weighted by Crippen LogP contribution is 2.20. The maximum atomic E-state index is 11.9. The molecule has 10 nitrogen and oxygen atoms in total. The van der Waals surface area contributed by atoms with Crippen LogP contribution in [0.1, 0.15) is 10.5 Å². The summed E-state index contributed by atoms with van der Waals surface area (Å²) in [7, 11) is -2.13. The molecule has 11 heteroatoms. The first-order valence-electron chi connectivity index (χ1n) is 7.16. The minimum Gasteiger partial charge on any atom is -0.451 e. The van der Waals surface area contributed by atoms with Crippen molar-refractivity contribution in [1.29, 1.82) is 0 Å². The molecule has 0 aliphatic heterocycles. The van der Waals surface area contributed by atoms with Gasteiger partial charge in [0.1, 0.15) is 5.69 Å². The van der Waals surface area contributed by atoms with Crippen LogP contribution < -0.4 is 5.32 Å². The van der Waals surface area contributed by atoms with Crippen molar-refractivity contribution >= 4 is 33.1 Å². The summed E-state index contributed by atoms with van der Waals surface area (Å²) >= 11 is 0. The summed E-state index contributed by atoms with van der Waals surface area (Å²) in [5.74, 6) is -1.68. The Hall–Kier alpha value is -3.21. The molecule has 0 spiro atoms. The molecule has 2 rings (SSSR count). The molecule has 1 amide bonds. The monoisotopic (exact) mass is 381 g/mol. The van der Waals surface area contributed by atoms with Gasteiger partial charge in [0, 0.05) is 19.4 Å². The Morgan fingerprint density at radius 2 is 1.96 bits per heavy atom. The van der Waals surface area contributed by atoms with Crippen molar-refractivity contribution in [1.82, 2.24) is 4.57 Å². The van der Waals surface area contributed by atoms with Gasteiger partial charge in [0.25, 0.3) is 11.6 Å². The highest BCUT2D eigenvalue weighted by molar-refractivity contribution is 7.90. The Labute approximate surface area is 148 Å². The molecule has 1 aromatic carbocycles. The number of aryl methyl sites for hydroxylation is 1. The molecular weight excluding hydrogens is 366 g/mol. The van der Waals surface area contributed by atoms with Crippen molar-refractivity contribution in [2.45, 2.75) is 4.90 Å². The van der Waals surface area contributed by atoms with E-state index in [2.05, 4.69) is 5.32 Å². The van der Waals surface area contributed by atoms with E-state index in [-0.39, 0.29) is 22.0 Å². The summed E-state index contributed by atoms with van der Waals surface area (Å²) in [6.07, 6.45) is 2.14. The number of aromatic nitrogens is 1. The lowest BCUT2D eigenvalue weighted by Gasteiger charge is -2.10. The Balaban J connectivity index is 2.04. The Morgan fingerprint density at radius 1 is 1.31 bits per heavy atom.